The number of hydrogen-bond acceptors (Lipinski definition) is 5. The number of aliphatic imine (C=N–C) groups is 1. The van der Waals surface area contributed by atoms with Gasteiger partial charge in [-0.1, -0.05) is 6.08 Å². The van der Waals surface area contributed by atoms with Crippen molar-refractivity contribution >= 4 is 28.8 Å². The van der Waals surface area contributed by atoms with Crippen LogP contribution in [0, 0.1) is 0 Å². The fraction of sp³-hybridized carbons (Fsp3) is 0.667. The van der Waals surface area contributed by atoms with E-state index < -0.39 is 0 Å². The van der Waals surface area contributed by atoms with Gasteiger partial charge in [-0.15, -0.1) is 0 Å². The Morgan fingerprint density at radius 3 is 3.04 bits per heavy atom. The van der Waals surface area contributed by atoms with E-state index in [1.54, 1.807) is 0 Å². The number of hydrogen-bond donors (Lipinski definition) is 2. The molecule has 0 amide bonds. The second-order valence-electron chi connectivity index (χ2n) is 5.88. The molecule has 0 spiro atoms. The highest BCUT2D eigenvalue weighted by Crippen LogP contribution is 2.12. The topological polar surface area (TPSA) is 55.3 Å². The predicted molar refractivity (Wildman–Crippen MR) is 94.8 cm³/mol. The highest BCUT2D eigenvalue weighted by atomic mass is 32.1. The molecule has 1 atom stereocenters. The fourth-order valence-electron chi connectivity index (χ4n) is 3.07. The molecule has 0 radical (unpaired) electrons. The SMILES string of the molecule is FCCN1CCN(C(=S)N/N=C2/CCNC3CC=CN=C23)CC1. The van der Waals surface area contributed by atoms with Crippen LogP contribution in [0.1, 0.15) is 12.8 Å². The van der Waals surface area contributed by atoms with Gasteiger partial charge in [-0.2, -0.15) is 5.10 Å². The Labute approximate surface area is 141 Å². The summed E-state index contributed by atoms with van der Waals surface area (Å²) in [6, 6.07) is 0.270. The first-order valence-corrected chi connectivity index (χ1v) is 8.55. The molecule has 1 unspecified atom stereocenters. The summed E-state index contributed by atoms with van der Waals surface area (Å²) in [5.41, 5.74) is 5.02. The highest BCUT2D eigenvalue weighted by molar-refractivity contribution is 7.80. The molecular weight excluding hydrogens is 315 g/mol. The number of piperidine rings is 1. The normalized spacial score (nSPS) is 26.8. The van der Waals surface area contributed by atoms with E-state index in [4.69, 9.17) is 12.2 Å². The van der Waals surface area contributed by atoms with E-state index in [-0.39, 0.29) is 12.7 Å². The second-order valence-corrected chi connectivity index (χ2v) is 6.27. The van der Waals surface area contributed by atoms with Crippen LogP contribution in [-0.2, 0) is 0 Å². The van der Waals surface area contributed by atoms with Gasteiger partial charge in [0.25, 0.3) is 0 Å². The summed E-state index contributed by atoms with van der Waals surface area (Å²) in [7, 11) is 0. The average Bonchev–Trinajstić information content (AvgIpc) is 2.60. The molecule has 0 bridgehead atoms. The lowest BCUT2D eigenvalue weighted by Gasteiger charge is -2.35. The Bertz CT molecular complexity index is 524. The lowest BCUT2D eigenvalue weighted by Crippen LogP contribution is -2.52. The third kappa shape index (κ3) is 4.13. The van der Waals surface area contributed by atoms with E-state index in [0.29, 0.717) is 11.7 Å². The number of fused-ring (bicyclic) bond motifs is 1. The van der Waals surface area contributed by atoms with E-state index in [0.717, 1.165) is 57.0 Å². The zero-order valence-corrected chi connectivity index (χ0v) is 14.0. The summed E-state index contributed by atoms with van der Waals surface area (Å²) in [5, 5.41) is 8.59. The number of piperazine rings is 1. The zero-order chi connectivity index (χ0) is 16.1. The summed E-state index contributed by atoms with van der Waals surface area (Å²) >= 11 is 5.44. The maximum Gasteiger partial charge on any atom is 0.189 e. The molecule has 0 aliphatic carbocycles. The first-order valence-electron chi connectivity index (χ1n) is 8.14. The van der Waals surface area contributed by atoms with Gasteiger partial charge in [0.1, 0.15) is 6.67 Å². The van der Waals surface area contributed by atoms with Crippen molar-refractivity contribution in [2.24, 2.45) is 10.1 Å². The Balaban J connectivity index is 1.54. The van der Waals surface area contributed by atoms with Gasteiger partial charge in [-0.3, -0.25) is 15.3 Å². The third-order valence-electron chi connectivity index (χ3n) is 4.42. The molecule has 0 aromatic heterocycles. The van der Waals surface area contributed by atoms with Gasteiger partial charge in [0.15, 0.2) is 5.11 Å². The number of rotatable bonds is 3. The number of halogens is 1. The molecule has 3 rings (SSSR count). The molecule has 3 aliphatic heterocycles. The Hall–Kier alpha value is -1.38. The molecule has 0 saturated carbocycles. The van der Waals surface area contributed by atoms with Crippen molar-refractivity contribution in [3.05, 3.63) is 12.3 Å². The summed E-state index contributed by atoms with van der Waals surface area (Å²) in [6.07, 6.45) is 5.72. The monoisotopic (exact) mass is 338 g/mol. The van der Waals surface area contributed by atoms with Crippen LogP contribution in [-0.4, -0.2) is 78.3 Å². The van der Waals surface area contributed by atoms with Crippen molar-refractivity contribution in [1.29, 1.82) is 0 Å². The minimum absolute atomic E-state index is 0.270. The van der Waals surface area contributed by atoms with Crippen LogP contribution < -0.4 is 10.7 Å². The summed E-state index contributed by atoms with van der Waals surface area (Å²) in [5.74, 6) is 0. The van der Waals surface area contributed by atoms with Gasteiger partial charge in [-0.25, -0.2) is 4.39 Å². The average molecular weight is 338 g/mol. The molecular formula is C15H23FN6S. The maximum atomic E-state index is 12.4. The number of nitrogens with zero attached hydrogens (tertiary/aromatic N) is 4. The van der Waals surface area contributed by atoms with Crippen LogP contribution in [0.4, 0.5) is 4.39 Å². The standard InChI is InChI=1S/C15H23FN6S/c16-4-7-21-8-10-22(11-9-21)15(23)20-19-13-3-6-17-12-2-1-5-18-14(12)13/h1,5,12,17H,2-4,6-11H2,(H,20,23)/b19-13-. The Kier molecular flexibility index (Phi) is 5.69. The van der Waals surface area contributed by atoms with E-state index >= 15 is 0 Å². The number of hydrazone groups is 1. The summed E-state index contributed by atoms with van der Waals surface area (Å²) in [4.78, 5) is 8.67. The number of nitrogens with one attached hydrogen (secondary N) is 2. The molecule has 0 aromatic carbocycles. The largest absolute Gasteiger partial charge is 0.345 e. The predicted octanol–water partition coefficient (Wildman–Crippen LogP) is 0.524. The van der Waals surface area contributed by atoms with E-state index in [9.17, 15) is 4.39 Å². The molecule has 0 aromatic rings. The lowest BCUT2D eigenvalue weighted by atomic mass is 9.96. The summed E-state index contributed by atoms with van der Waals surface area (Å²) < 4.78 is 12.4. The van der Waals surface area contributed by atoms with Gasteiger partial charge in [0.2, 0.25) is 0 Å². The Morgan fingerprint density at radius 2 is 2.26 bits per heavy atom. The number of thiocarbonyl (C=S) groups is 1. The molecule has 8 heteroatoms. The molecule has 3 heterocycles. The van der Waals surface area contributed by atoms with E-state index in [2.05, 4.69) is 36.7 Å². The first kappa shape index (κ1) is 16.5. The van der Waals surface area contributed by atoms with Crippen LogP contribution in [0.5, 0.6) is 0 Å². The van der Waals surface area contributed by atoms with Crippen LogP contribution >= 0.6 is 12.2 Å². The maximum absolute atomic E-state index is 12.4. The molecule has 2 saturated heterocycles. The second kappa shape index (κ2) is 7.94. The van der Waals surface area contributed by atoms with Crippen LogP contribution in [0.15, 0.2) is 22.4 Å². The molecule has 2 fully saturated rings. The minimum atomic E-state index is -0.290. The first-order chi connectivity index (χ1) is 11.3. The van der Waals surface area contributed by atoms with Crippen LogP contribution in [0.25, 0.3) is 0 Å². The third-order valence-corrected chi connectivity index (χ3v) is 4.77. The van der Waals surface area contributed by atoms with Gasteiger partial charge in [-0.05, 0) is 18.6 Å². The van der Waals surface area contributed by atoms with Crippen molar-refractivity contribution in [3.8, 4) is 0 Å². The molecule has 23 heavy (non-hydrogen) atoms. The zero-order valence-electron chi connectivity index (χ0n) is 13.2. The van der Waals surface area contributed by atoms with Gasteiger partial charge >= 0.3 is 0 Å². The Morgan fingerprint density at radius 1 is 1.43 bits per heavy atom. The van der Waals surface area contributed by atoms with Crippen molar-refractivity contribution in [1.82, 2.24) is 20.5 Å². The molecule has 2 N–H and O–H groups in total. The van der Waals surface area contributed by atoms with Gasteiger partial charge < -0.3 is 10.2 Å². The van der Waals surface area contributed by atoms with Crippen molar-refractivity contribution in [3.63, 3.8) is 0 Å². The van der Waals surface area contributed by atoms with Crippen LogP contribution in [0.2, 0.25) is 0 Å². The minimum Gasteiger partial charge on any atom is -0.345 e. The quantitative estimate of drug-likeness (QED) is 0.581. The van der Waals surface area contributed by atoms with E-state index in [1.165, 1.54) is 0 Å². The van der Waals surface area contributed by atoms with Crippen molar-refractivity contribution in [2.45, 2.75) is 18.9 Å². The van der Waals surface area contributed by atoms with Crippen molar-refractivity contribution < 1.29 is 4.39 Å². The van der Waals surface area contributed by atoms with Crippen LogP contribution in [0.3, 0.4) is 0 Å². The van der Waals surface area contributed by atoms with E-state index in [1.807, 2.05) is 6.20 Å². The fourth-order valence-corrected chi connectivity index (χ4v) is 3.30. The lowest BCUT2D eigenvalue weighted by molar-refractivity contribution is 0.170. The summed E-state index contributed by atoms with van der Waals surface area (Å²) in [6.45, 7) is 4.43. The molecule has 6 nitrogen and oxygen atoms in total. The molecule has 126 valence electrons. The van der Waals surface area contributed by atoms with Gasteiger partial charge in [0, 0.05) is 51.9 Å². The number of alkyl halides is 1. The van der Waals surface area contributed by atoms with Gasteiger partial charge in [0.05, 0.1) is 17.5 Å². The van der Waals surface area contributed by atoms with Crippen molar-refractivity contribution in [2.75, 3.05) is 45.9 Å². The smallest absolute Gasteiger partial charge is 0.189 e. The molecule has 3 aliphatic rings. The highest BCUT2D eigenvalue weighted by Gasteiger charge is 2.26.